The van der Waals surface area contributed by atoms with Gasteiger partial charge in [-0.1, -0.05) is 31.5 Å². The number of rotatable bonds is 8. The summed E-state index contributed by atoms with van der Waals surface area (Å²) >= 11 is 0. The van der Waals surface area contributed by atoms with Gasteiger partial charge in [-0.05, 0) is 93.4 Å². The van der Waals surface area contributed by atoms with E-state index in [0.717, 1.165) is 66.1 Å². The van der Waals surface area contributed by atoms with Crippen LogP contribution < -0.4 is 0 Å². The van der Waals surface area contributed by atoms with E-state index < -0.39 is 10.0 Å². The lowest BCUT2D eigenvalue weighted by Gasteiger charge is -2.14. The van der Waals surface area contributed by atoms with Gasteiger partial charge in [0.25, 0.3) is 10.0 Å². The number of nitrogens with zero attached hydrogens (tertiary/aromatic N) is 11. The van der Waals surface area contributed by atoms with E-state index in [1.54, 1.807) is 48.9 Å². The van der Waals surface area contributed by atoms with Crippen molar-refractivity contribution in [2.75, 3.05) is 0 Å². The fourth-order valence-electron chi connectivity index (χ4n) is 8.83. The zero-order valence-corrected chi connectivity index (χ0v) is 31.4. The van der Waals surface area contributed by atoms with Crippen LogP contribution in [0.1, 0.15) is 94.3 Å². The third kappa shape index (κ3) is 6.26. The second kappa shape index (κ2) is 14.3. The van der Waals surface area contributed by atoms with Gasteiger partial charge >= 0.3 is 0 Å². The first kappa shape index (κ1) is 35.4. The highest BCUT2D eigenvalue weighted by Crippen LogP contribution is 2.45. The molecule has 2 aliphatic carbocycles. The van der Waals surface area contributed by atoms with Gasteiger partial charge in [0, 0.05) is 37.1 Å². The molecule has 0 radical (unpaired) electrons. The van der Waals surface area contributed by atoms with Crippen molar-refractivity contribution in [2.24, 2.45) is 23.7 Å². The van der Waals surface area contributed by atoms with Crippen molar-refractivity contribution in [2.45, 2.75) is 88.9 Å². The van der Waals surface area contributed by atoms with Gasteiger partial charge in [-0.2, -0.15) is 10.5 Å². The molecule has 6 aromatic heterocycles. The Morgan fingerprint density at radius 2 is 1.33 bits per heavy atom. The van der Waals surface area contributed by atoms with Gasteiger partial charge in [-0.15, -0.1) is 20.4 Å². The molecule has 54 heavy (non-hydrogen) atoms. The molecule has 6 heterocycles. The minimum Gasteiger partial charge on any atom is -0.345 e. The number of fused-ring (bicyclic) bond motifs is 6. The predicted octanol–water partition coefficient (Wildman–Crippen LogP) is 7.10. The molecule has 0 saturated heterocycles. The molecular weight excluding hydrogens is 701 g/mol. The summed E-state index contributed by atoms with van der Waals surface area (Å²) < 4.78 is 31.9. The third-order valence-electron chi connectivity index (χ3n) is 11.6. The van der Waals surface area contributed by atoms with Crippen molar-refractivity contribution >= 4 is 43.6 Å². The molecule has 0 amide bonds. The number of nitriles is 2. The molecule has 14 nitrogen and oxygen atoms in total. The molecule has 2 saturated carbocycles. The number of nitrogens with one attached hydrogen (secondary N) is 1. The quantitative estimate of drug-likeness (QED) is 0.168. The maximum absolute atomic E-state index is 13.3. The maximum Gasteiger partial charge on any atom is 0.269 e. The van der Waals surface area contributed by atoms with E-state index in [1.807, 2.05) is 23.6 Å². The van der Waals surface area contributed by atoms with Crippen molar-refractivity contribution in [3.8, 4) is 12.1 Å². The number of aromatic nitrogens is 10. The van der Waals surface area contributed by atoms with Crippen LogP contribution in [0.5, 0.6) is 0 Å². The molecule has 3 unspecified atom stereocenters. The molecule has 0 bridgehead atoms. The molecule has 0 spiro atoms. The van der Waals surface area contributed by atoms with Crippen molar-refractivity contribution in [3.63, 3.8) is 0 Å². The van der Waals surface area contributed by atoms with E-state index in [2.05, 4.69) is 65.7 Å². The molecule has 9 rings (SSSR count). The van der Waals surface area contributed by atoms with Crippen LogP contribution in [0.3, 0.4) is 0 Å². The minimum atomic E-state index is -3.78. The van der Waals surface area contributed by atoms with Crippen molar-refractivity contribution < 1.29 is 8.42 Å². The second-order valence-electron chi connectivity index (χ2n) is 15.1. The number of aromatic amines is 1. The minimum absolute atomic E-state index is 0.205. The number of hydrogen-bond acceptors (Lipinski definition) is 10. The Kier molecular flexibility index (Phi) is 9.36. The third-order valence-corrected chi connectivity index (χ3v) is 13.2. The molecule has 1 aromatic carbocycles. The summed E-state index contributed by atoms with van der Waals surface area (Å²) in [5.74, 6) is 4.57. The topological polar surface area (TPSA) is 189 Å². The van der Waals surface area contributed by atoms with Crippen LogP contribution in [-0.2, 0) is 10.0 Å². The van der Waals surface area contributed by atoms with Gasteiger partial charge in [0.2, 0.25) is 0 Å². The summed E-state index contributed by atoms with van der Waals surface area (Å²) in [4.78, 5) is 12.1. The highest BCUT2D eigenvalue weighted by atomic mass is 32.2. The first-order valence-corrected chi connectivity index (χ1v) is 20.1. The van der Waals surface area contributed by atoms with Crippen molar-refractivity contribution in [1.29, 1.82) is 10.5 Å². The van der Waals surface area contributed by atoms with Crippen molar-refractivity contribution in [1.82, 2.24) is 48.1 Å². The smallest absolute Gasteiger partial charge is 0.269 e. The first-order valence-electron chi connectivity index (χ1n) is 18.6. The molecule has 1 N–H and O–H groups in total. The number of hydrogen-bond donors (Lipinski definition) is 1. The average Bonchev–Trinajstić information content (AvgIpc) is 4.01. The van der Waals surface area contributed by atoms with E-state index in [-0.39, 0.29) is 10.8 Å². The van der Waals surface area contributed by atoms with Gasteiger partial charge in [0.05, 0.1) is 40.5 Å². The van der Waals surface area contributed by atoms with Gasteiger partial charge in [0.1, 0.15) is 11.6 Å². The number of aryl methyl sites for hydroxylation is 1. The lowest BCUT2D eigenvalue weighted by atomic mass is 9.97. The maximum atomic E-state index is 13.3. The summed E-state index contributed by atoms with van der Waals surface area (Å²) in [7, 11) is -3.78. The van der Waals surface area contributed by atoms with Crippen LogP contribution in [0.2, 0.25) is 0 Å². The Morgan fingerprint density at radius 1 is 0.759 bits per heavy atom. The molecule has 2 fully saturated rings. The fourth-order valence-corrected chi connectivity index (χ4v) is 10.1. The summed E-state index contributed by atoms with van der Waals surface area (Å²) in [5.41, 5.74) is 5.32. The molecule has 6 atom stereocenters. The van der Waals surface area contributed by atoms with Gasteiger partial charge in [-0.3, -0.25) is 8.80 Å². The molecule has 15 heteroatoms. The normalized spacial score (nSPS) is 22.8. The van der Waals surface area contributed by atoms with E-state index in [4.69, 9.17) is 10.5 Å². The van der Waals surface area contributed by atoms with Crippen molar-refractivity contribution in [3.05, 3.63) is 78.4 Å². The molecule has 0 aliphatic heterocycles. The summed E-state index contributed by atoms with van der Waals surface area (Å²) in [6, 6.07) is 15.1. The average molecular weight is 743 g/mol. The first-order chi connectivity index (χ1) is 26.2. The molecule has 276 valence electrons. The number of benzene rings is 1. The Labute approximate surface area is 313 Å². The Bertz CT molecular complexity index is 2660. The Hall–Kier alpha value is -5.67. The lowest BCUT2D eigenvalue weighted by Crippen LogP contribution is -2.13. The monoisotopic (exact) mass is 742 g/mol. The highest BCUT2D eigenvalue weighted by Gasteiger charge is 2.37. The van der Waals surface area contributed by atoms with Gasteiger partial charge < -0.3 is 4.98 Å². The molecule has 7 aromatic rings. The van der Waals surface area contributed by atoms with Gasteiger partial charge in [-0.25, -0.2) is 22.4 Å². The van der Waals surface area contributed by atoms with Crippen LogP contribution in [0.4, 0.5) is 0 Å². The van der Waals surface area contributed by atoms with Crippen LogP contribution in [0.25, 0.3) is 33.6 Å². The Morgan fingerprint density at radius 3 is 1.93 bits per heavy atom. The van der Waals surface area contributed by atoms with E-state index in [0.29, 0.717) is 59.2 Å². The summed E-state index contributed by atoms with van der Waals surface area (Å²) in [5, 5.41) is 35.3. The van der Waals surface area contributed by atoms with Gasteiger partial charge in [0.15, 0.2) is 22.6 Å². The second-order valence-corrected chi connectivity index (χ2v) is 16.9. The lowest BCUT2D eigenvalue weighted by molar-refractivity contribution is 0.484. The summed E-state index contributed by atoms with van der Waals surface area (Å²) in [6.45, 7) is 6.42. The van der Waals surface area contributed by atoms with E-state index in [1.165, 1.54) is 10.4 Å². The zero-order valence-electron chi connectivity index (χ0n) is 30.5. The molecule has 2 aliphatic rings. The largest absolute Gasteiger partial charge is 0.345 e. The SMILES string of the molecule is C[C@@H]1C[C@@H](CCC#N)C[C@@H]1c1nnc2cnc3[nH]ccc3n12.Cc1ccc(S(=O)(=O)n2ccc3c2ncc2nnc(C4CC(CCC#N)CC4C)n23)cc1. The standard InChI is InChI=1S/C23H24N6O2S.C16H18N6/c1-15-5-7-18(8-6-15)32(30,31)28-11-9-20-23(28)25-14-21-26-27-22(29(20)21)19-13-17(4-3-10-24)12-16(19)2;1-10-7-11(3-2-5-17)8-12(10)16-21-20-14-9-19-15-13(22(14)16)4-6-18-15/h5-9,11,14,16-17,19H,3-4,12-13H2,1-2H3;4,6,9-12,18H,2-3,7-8H2,1H3/t;10-,11-,12+/m.1/s1. The van der Waals surface area contributed by atoms with E-state index in [9.17, 15) is 8.42 Å². The highest BCUT2D eigenvalue weighted by molar-refractivity contribution is 7.90. The van der Waals surface area contributed by atoms with Crippen LogP contribution >= 0.6 is 0 Å². The fraction of sp³-hybridized carbons (Fsp3) is 0.436. The molecular formula is C39H42N12O2S. The van der Waals surface area contributed by atoms with Crippen LogP contribution in [0, 0.1) is 53.3 Å². The predicted molar refractivity (Wildman–Crippen MR) is 202 cm³/mol. The van der Waals surface area contributed by atoms with E-state index >= 15 is 0 Å². The van der Waals surface area contributed by atoms with Crippen LogP contribution in [-0.4, -0.2) is 56.5 Å². The Balaban J connectivity index is 0.000000164. The summed E-state index contributed by atoms with van der Waals surface area (Å²) in [6.07, 6.45) is 14.2. The zero-order chi connectivity index (χ0) is 37.6. The number of H-pyrrole nitrogens is 1. The van der Waals surface area contributed by atoms with Crippen LogP contribution in [0.15, 0.2) is 66.1 Å².